The minimum Gasteiger partial charge on any atom is -0.492 e. The van der Waals surface area contributed by atoms with Gasteiger partial charge in [0, 0.05) is 118 Å². The number of nitrogens with zero attached hydrogens (tertiary/aromatic N) is 10. The smallest absolute Gasteiger partial charge is 0.410 e. The van der Waals surface area contributed by atoms with Gasteiger partial charge in [0.1, 0.15) is 58.3 Å². The molecule has 0 N–H and O–H groups in total. The van der Waals surface area contributed by atoms with E-state index < -0.39 is 70.2 Å². The maximum absolute atomic E-state index is 14.7. The Bertz CT molecular complexity index is 3190. The molecule has 2 aliphatic heterocycles. The van der Waals surface area contributed by atoms with Gasteiger partial charge in [0.15, 0.2) is 0 Å². The Morgan fingerprint density at radius 3 is 0.725 bits per heavy atom. The van der Waals surface area contributed by atoms with E-state index in [2.05, 4.69) is 0 Å². The molecule has 0 aliphatic carbocycles. The molecule has 2 aliphatic rings. The van der Waals surface area contributed by atoms with Gasteiger partial charge in [-0.3, -0.25) is 19.4 Å². The lowest BCUT2D eigenvalue weighted by atomic mass is 10.0. The predicted molar refractivity (Wildman–Crippen MR) is 420 cm³/mol. The molecule has 6 rings (SSSR count). The van der Waals surface area contributed by atoms with Gasteiger partial charge in [-0.05, 0) is 190 Å². The fraction of sp³-hybridized carbons (Fsp3) is 0.614. The molecule has 2 saturated heterocycles. The third-order valence-electron chi connectivity index (χ3n) is 17.2. The van der Waals surface area contributed by atoms with Crippen LogP contribution in [0, 0.1) is 0 Å². The molecule has 0 atom stereocenters. The van der Waals surface area contributed by atoms with Crippen LogP contribution in [0.3, 0.4) is 0 Å². The summed E-state index contributed by atoms with van der Waals surface area (Å²) < 4.78 is 47.6. The summed E-state index contributed by atoms with van der Waals surface area (Å²) in [7, 11) is 0. The van der Waals surface area contributed by atoms with Crippen molar-refractivity contribution in [3.05, 3.63) is 131 Å². The zero-order chi connectivity index (χ0) is 80.3. The summed E-state index contributed by atoms with van der Waals surface area (Å²) in [6.45, 7) is 36.4. The van der Waals surface area contributed by atoms with Crippen molar-refractivity contribution in [1.29, 1.82) is 0 Å². The van der Waals surface area contributed by atoms with Crippen molar-refractivity contribution < 1.29 is 76.3 Å². The summed E-state index contributed by atoms with van der Waals surface area (Å²) in [4.78, 5) is 129. The molecular weight excluding hydrogens is 1390 g/mol. The molecule has 0 radical (unpaired) electrons. The van der Waals surface area contributed by atoms with E-state index in [1.807, 2.05) is 119 Å². The van der Waals surface area contributed by atoms with Crippen molar-refractivity contribution in [2.45, 2.75) is 177 Å². The van der Waals surface area contributed by atoms with Crippen molar-refractivity contribution in [1.82, 2.24) is 49.0 Å². The van der Waals surface area contributed by atoms with Crippen LogP contribution in [0.15, 0.2) is 109 Å². The highest BCUT2D eigenvalue weighted by Gasteiger charge is 2.34. The Labute approximate surface area is 648 Å². The van der Waals surface area contributed by atoms with Gasteiger partial charge in [-0.1, -0.05) is 84.9 Å². The molecule has 4 aromatic rings. The van der Waals surface area contributed by atoms with Gasteiger partial charge in [-0.15, -0.1) is 0 Å². The van der Waals surface area contributed by atoms with Crippen LogP contribution >= 0.6 is 0 Å². The van der Waals surface area contributed by atoms with Gasteiger partial charge >= 0.3 is 36.6 Å². The van der Waals surface area contributed by atoms with Crippen molar-refractivity contribution in [3.8, 4) is 11.5 Å². The first-order chi connectivity index (χ1) is 51.0. The standard InChI is InChI=1S/C83H126N10O16/c1-78(2,3)104-72(96)88-45-41-84(42-46-89(73(97)105-79(4,5)6)50-54-92(53-49-88)76(100)108-82(13,14)15)62-70(94)86(39-37-64-25-21-19-22-26-64)57-59-102-68-33-29-66(30-34-68)61-67-31-35-69(36-32-67)103-60-58-87(40-38-65-27-23-20-24-28-65)71(95)63-85-43-47-90(74(98)106-80(7,8)9)51-55-93(77(101)109-83(16,17)18)56-52-91(48-44-85)75(99)107-81(10,11)12/h19-36H,37-63H2,1-18H3. The van der Waals surface area contributed by atoms with Gasteiger partial charge in [-0.2, -0.15) is 0 Å². The van der Waals surface area contributed by atoms with Gasteiger partial charge < -0.3 is 77.1 Å². The number of carbonyl (C=O) groups excluding carboxylic acids is 8. The van der Waals surface area contributed by atoms with E-state index in [1.54, 1.807) is 154 Å². The zero-order valence-corrected chi connectivity index (χ0v) is 68.5. The highest BCUT2D eigenvalue weighted by Crippen LogP contribution is 2.22. The zero-order valence-electron chi connectivity index (χ0n) is 68.5. The van der Waals surface area contributed by atoms with E-state index in [0.29, 0.717) is 43.9 Å². The van der Waals surface area contributed by atoms with E-state index in [1.165, 1.54) is 9.80 Å². The van der Waals surface area contributed by atoms with Gasteiger partial charge in [0.25, 0.3) is 0 Å². The average molecular weight is 1520 g/mol. The number of hydrogen-bond acceptors (Lipinski definition) is 18. The average Bonchev–Trinajstić information content (AvgIpc) is 0.861. The summed E-state index contributed by atoms with van der Waals surface area (Å²) in [5, 5.41) is 0. The molecule has 109 heavy (non-hydrogen) atoms. The number of rotatable bonds is 20. The van der Waals surface area contributed by atoms with E-state index in [0.717, 1.165) is 22.3 Å². The summed E-state index contributed by atoms with van der Waals surface area (Å²) in [6, 6.07) is 35.6. The monoisotopic (exact) mass is 1520 g/mol. The van der Waals surface area contributed by atoms with E-state index in [9.17, 15) is 38.4 Å². The number of amides is 8. The Hall–Kier alpha value is -9.04. The molecule has 26 heteroatoms. The molecule has 0 aromatic heterocycles. The molecule has 2 heterocycles. The number of ether oxygens (including phenoxy) is 8. The number of carbonyl (C=O) groups is 8. The fourth-order valence-corrected chi connectivity index (χ4v) is 11.6. The van der Waals surface area contributed by atoms with Gasteiger partial charge in [0.2, 0.25) is 11.8 Å². The quantitative estimate of drug-likeness (QED) is 0.0747. The van der Waals surface area contributed by atoms with E-state index in [-0.39, 0.29) is 156 Å². The second-order valence-corrected chi connectivity index (χ2v) is 33.8. The predicted octanol–water partition coefficient (Wildman–Crippen LogP) is 12.2. The second kappa shape index (κ2) is 41.1. The lowest BCUT2D eigenvalue weighted by molar-refractivity contribution is -0.133. The minimum absolute atomic E-state index is 0.0234. The molecular formula is C83H126N10O16. The van der Waals surface area contributed by atoms with Gasteiger partial charge in [-0.25, -0.2) is 28.8 Å². The summed E-state index contributed by atoms with van der Waals surface area (Å²) >= 11 is 0. The number of benzene rings is 4. The molecule has 4 aromatic carbocycles. The molecule has 8 amide bonds. The Morgan fingerprint density at radius 2 is 0.505 bits per heavy atom. The molecule has 604 valence electrons. The molecule has 0 spiro atoms. The maximum Gasteiger partial charge on any atom is 0.410 e. The van der Waals surface area contributed by atoms with Crippen LogP contribution in [0.5, 0.6) is 11.5 Å². The van der Waals surface area contributed by atoms with E-state index >= 15 is 0 Å². The van der Waals surface area contributed by atoms with Gasteiger partial charge in [0.05, 0.1) is 26.2 Å². The van der Waals surface area contributed by atoms with Crippen molar-refractivity contribution in [2.24, 2.45) is 0 Å². The van der Waals surface area contributed by atoms with Crippen LogP contribution < -0.4 is 9.47 Å². The molecule has 0 unspecified atom stereocenters. The SMILES string of the molecule is CC(C)(C)OC(=O)N1CCN(CC(=O)N(CCOc2ccc(Cc3ccc(OCCN(CCc4ccccc4)C(=O)CN4CCN(C(=O)OC(C)(C)C)CCN(C(=O)OC(C)(C)C)CCN(C(=O)OC(C)(C)C)CC4)cc3)cc2)CCc2ccccc2)CCN(C(=O)OC(C)(C)C)CCN(C(=O)OC(C)(C)C)CC1. The Morgan fingerprint density at radius 1 is 0.284 bits per heavy atom. The lowest BCUT2D eigenvalue weighted by Gasteiger charge is -2.36. The van der Waals surface area contributed by atoms with Crippen LogP contribution in [0.25, 0.3) is 0 Å². The van der Waals surface area contributed by atoms with Crippen molar-refractivity contribution in [3.63, 3.8) is 0 Å². The third kappa shape index (κ3) is 35.0. The van der Waals surface area contributed by atoms with Crippen LogP contribution in [0.2, 0.25) is 0 Å². The molecule has 0 bridgehead atoms. The van der Waals surface area contributed by atoms with Crippen LogP contribution in [-0.4, -0.2) is 288 Å². The normalized spacial score (nSPS) is 15.5. The number of hydrogen-bond donors (Lipinski definition) is 0. The van der Waals surface area contributed by atoms with Crippen LogP contribution in [0.4, 0.5) is 28.8 Å². The first kappa shape index (κ1) is 88.9. The largest absolute Gasteiger partial charge is 0.492 e. The van der Waals surface area contributed by atoms with Crippen LogP contribution in [-0.2, 0) is 57.3 Å². The lowest BCUT2D eigenvalue weighted by Crippen LogP contribution is -2.52. The summed E-state index contributed by atoms with van der Waals surface area (Å²) in [5.74, 6) is 0.965. The highest BCUT2D eigenvalue weighted by molar-refractivity contribution is 5.79. The summed E-state index contributed by atoms with van der Waals surface area (Å²) in [6.07, 6.45) is -1.56. The van der Waals surface area contributed by atoms with Crippen molar-refractivity contribution in [2.75, 3.05) is 157 Å². The first-order valence-electron chi connectivity index (χ1n) is 38.4. The van der Waals surface area contributed by atoms with Crippen LogP contribution in [0.1, 0.15) is 147 Å². The fourth-order valence-electron chi connectivity index (χ4n) is 11.6. The summed E-state index contributed by atoms with van der Waals surface area (Å²) in [5.41, 5.74) is -0.545. The molecule has 26 nitrogen and oxygen atoms in total. The van der Waals surface area contributed by atoms with E-state index in [4.69, 9.17) is 37.9 Å². The minimum atomic E-state index is -0.799. The Kier molecular flexibility index (Phi) is 33.5. The Balaban J connectivity index is 1.11. The molecule has 2 fully saturated rings. The van der Waals surface area contributed by atoms with Crippen molar-refractivity contribution >= 4 is 48.4 Å². The molecule has 0 saturated carbocycles. The second-order valence-electron chi connectivity index (χ2n) is 33.8. The highest BCUT2D eigenvalue weighted by atomic mass is 16.6. The third-order valence-corrected chi connectivity index (χ3v) is 17.2. The first-order valence-corrected chi connectivity index (χ1v) is 38.4. The maximum atomic E-state index is 14.7. The topological polar surface area (TPSA) is 243 Å².